The maximum Gasteiger partial charge on any atom is 0.254 e. The molecule has 2 N–H and O–H groups in total. The summed E-state index contributed by atoms with van der Waals surface area (Å²) in [5.74, 6) is 0.261. The number of fused-ring (bicyclic) bond motifs is 1. The first-order chi connectivity index (χ1) is 12.2. The van der Waals surface area contributed by atoms with Gasteiger partial charge in [0.2, 0.25) is 5.91 Å². The van der Waals surface area contributed by atoms with Crippen molar-refractivity contribution in [2.45, 2.75) is 18.7 Å². The summed E-state index contributed by atoms with van der Waals surface area (Å²) in [6.07, 6.45) is 2.92. The summed E-state index contributed by atoms with van der Waals surface area (Å²) in [5, 5.41) is 9.40. The number of carbonyl (C=O) groups is 2. The Labute approximate surface area is 144 Å². The van der Waals surface area contributed by atoms with E-state index in [2.05, 4.69) is 15.5 Å². The summed E-state index contributed by atoms with van der Waals surface area (Å²) in [6.45, 7) is 1.24. The van der Waals surface area contributed by atoms with Crippen molar-refractivity contribution in [3.8, 4) is 5.75 Å². The monoisotopic (exact) mass is 342 g/mol. The predicted molar refractivity (Wildman–Crippen MR) is 86.9 cm³/mol. The maximum atomic E-state index is 12.4. The van der Waals surface area contributed by atoms with Crippen LogP contribution in [0.25, 0.3) is 0 Å². The van der Waals surface area contributed by atoms with E-state index in [4.69, 9.17) is 9.47 Å². The van der Waals surface area contributed by atoms with Crippen LogP contribution < -0.4 is 10.1 Å². The summed E-state index contributed by atoms with van der Waals surface area (Å²) in [6, 6.07) is 7.15. The lowest BCUT2D eigenvalue weighted by atomic mass is 10.1. The average Bonchev–Trinajstić information content (AvgIpc) is 3.32. The minimum absolute atomic E-state index is 0.0163. The van der Waals surface area contributed by atoms with Crippen LogP contribution >= 0.6 is 0 Å². The highest BCUT2D eigenvalue weighted by Crippen LogP contribution is 2.22. The maximum absolute atomic E-state index is 12.4. The van der Waals surface area contributed by atoms with E-state index in [0.29, 0.717) is 31.1 Å². The van der Waals surface area contributed by atoms with Crippen molar-refractivity contribution in [1.82, 2.24) is 20.4 Å². The standard InChI is InChI=1S/C17H18N4O4/c22-16(8-21-7-11-3-1-2-4-13(11)17(21)23)20-14-9-24-10-15(14)25-12-5-18-19-6-12/h1-6,14-15H,7-10H2,(H,18,19)(H,20,22)/t14-,15+/m0/s1. The zero-order valence-corrected chi connectivity index (χ0v) is 13.5. The Bertz CT molecular complexity index is 777. The van der Waals surface area contributed by atoms with E-state index in [1.165, 1.54) is 0 Å². The topological polar surface area (TPSA) is 96.6 Å². The van der Waals surface area contributed by atoms with Crippen molar-refractivity contribution in [2.75, 3.05) is 19.8 Å². The quantitative estimate of drug-likeness (QED) is 0.816. The van der Waals surface area contributed by atoms with Crippen LogP contribution in [0.3, 0.4) is 0 Å². The fourth-order valence-electron chi connectivity index (χ4n) is 3.13. The van der Waals surface area contributed by atoms with Crippen LogP contribution in [0.15, 0.2) is 36.7 Å². The van der Waals surface area contributed by atoms with E-state index < -0.39 is 0 Å². The summed E-state index contributed by atoms with van der Waals surface area (Å²) < 4.78 is 11.2. The van der Waals surface area contributed by atoms with Gasteiger partial charge >= 0.3 is 0 Å². The first-order valence-corrected chi connectivity index (χ1v) is 8.10. The van der Waals surface area contributed by atoms with Crippen molar-refractivity contribution >= 4 is 11.8 Å². The Balaban J connectivity index is 1.34. The van der Waals surface area contributed by atoms with Crippen LogP contribution in [0.1, 0.15) is 15.9 Å². The lowest BCUT2D eigenvalue weighted by Gasteiger charge is -2.21. The van der Waals surface area contributed by atoms with E-state index in [9.17, 15) is 9.59 Å². The van der Waals surface area contributed by atoms with E-state index in [1.807, 2.05) is 18.2 Å². The molecule has 1 aromatic carbocycles. The number of rotatable bonds is 5. The minimum atomic E-state index is -0.284. The molecule has 3 heterocycles. The minimum Gasteiger partial charge on any atom is -0.482 e. The predicted octanol–water partition coefficient (Wildman–Crippen LogP) is 0.328. The molecule has 2 aliphatic heterocycles. The normalized spacial score (nSPS) is 22.1. The summed E-state index contributed by atoms with van der Waals surface area (Å²) >= 11 is 0. The number of hydrogen-bond donors (Lipinski definition) is 2. The van der Waals surface area contributed by atoms with E-state index >= 15 is 0 Å². The molecule has 1 saturated heterocycles. The summed E-state index contributed by atoms with van der Waals surface area (Å²) in [4.78, 5) is 26.2. The Kier molecular flexibility index (Phi) is 4.10. The van der Waals surface area contributed by atoms with Gasteiger partial charge in [-0.15, -0.1) is 0 Å². The van der Waals surface area contributed by atoms with Crippen LogP contribution in [0.4, 0.5) is 0 Å². The highest BCUT2D eigenvalue weighted by molar-refractivity contribution is 6.00. The van der Waals surface area contributed by atoms with Crippen LogP contribution in [0.2, 0.25) is 0 Å². The smallest absolute Gasteiger partial charge is 0.254 e. The molecule has 2 amide bonds. The molecule has 0 bridgehead atoms. The Morgan fingerprint density at radius 2 is 2.28 bits per heavy atom. The number of aromatic nitrogens is 2. The third-order valence-electron chi connectivity index (χ3n) is 4.37. The first-order valence-electron chi connectivity index (χ1n) is 8.10. The second-order valence-corrected chi connectivity index (χ2v) is 6.12. The van der Waals surface area contributed by atoms with Crippen molar-refractivity contribution in [2.24, 2.45) is 0 Å². The van der Waals surface area contributed by atoms with Crippen LogP contribution in [-0.2, 0) is 16.1 Å². The lowest BCUT2D eigenvalue weighted by molar-refractivity contribution is -0.123. The first kappa shape index (κ1) is 15.6. The van der Waals surface area contributed by atoms with Crippen LogP contribution in [0.5, 0.6) is 5.75 Å². The average molecular weight is 342 g/mol. The Morgan fingerprint density at radius 3 is 3.08 bits per heavy atom. The number of H-pyrrole nitrogens is 1. The van der Waals surface area contributed by atoms with Gasteiger partial charge in [0.25, 0.3) is 5.91 Å². The van der Waals surface area contributed by atoms with Crippen LogP contribution in [0, 0.1) is 0 Å². The highest BCUT2D eigenvalue weighted by atomic mass is 16.5. The summed E-state index contributed by atoms with van der Waals surface area (Å²) in [7, 11) is 0. The molecule has 0 unspecified atom stereocenters. The summed E-state index contributed by atoms with van der Waals surface area (Å²) in [5.41, 5.74) is 1.62. The second-order valence-electron chi connectivity index (χ2n) is 6.12. The molecule has 2 atom stereocenters. The van der Waals surface area contributed by atoms with Gasteiger partial charge in [-0.05, 0) is 11.6 Å². The fraction of sp³-hybridized carbons (Fsp3) is 0.353. The molecule has 1 fully saturated rings. The SMILES string of the molecule is O=C(CN1Cc2ccccc2C1=O)N[C@H]1COC[C@H]1Oc1cn[nH]c1. The molecule has 1 aromatic heterocycles. The molecule has 0 spiro atoms. The number of nitrogens with one attached hydrogen (secondary N) is 2. The van der Waals surface area contributed by atoms with Crippen molar-refractivity contribution < 1.29 is 19.1 Å². The molecule has 8 nitrogen and oxygen atoms in total. The zero-order valence-electron chi connectivity index (χ0n) is 13.5. The molecule has 2 aromatic rings. The number of ether oxygens (including phenoxy) is 2. The zero-order chi connectivity index (χ0) is 17.2. The molecule has 8 heteroatoms. The van der Waals surface area contributed by atoms with Crippen LogP contribution in [-0.4, -0.2) is 58.8 Å². The molecule has 0 radical (unpaired) electrons. The second kappa shape index (κ2) is 6.56. The number of aromatic amines is 1. The van der Waals surface area contributed by atoms with Crippen molar-refractivity contribution in [3.63, 3.8) is 0 Å². The van der Waals surface area contributed by atoms with Gasteiger partial charge in [-0.3, -0.25) is 14.7 Å². The molecule has 130 valence electrons. The van der Waals surface area contributed by atoms with E-state index in [0.717, 1.165) is 5.56 Å². The van der Waals surface area contributed by atoms with Gasteiger partial charge < -0.3 is 19.7 Å². The van der Waals surface area contributed by atoms with E-state index in [-0.39, 0.29) is 30.5 Å². The Morgan fingerprint density at radius 1 is 1.40 bits per heavy atom. The van der Waals surface area contributed by atoms with Gasteiger partial charge in [0.1, 0.15) is 12.6 Å². The van der Waals surface area contributed by atoms with Gasteiger partial charge in [0.15, 0.2) is 5.75 Å². The molecule has 4 rings (SSSR count). The van der Waals surface area contributed by atoms with Gasteiger partial charge in [0, 0.05) is 12.1 Å². The van der Waals surface area contributed by atoms with Gasteiger partial charge in [-0.1, -0.05) is 18.2 Å². The van der Waals surface area contributed by atoms with Gasteiger partial charge in [-0.2, -0.15) is 5.10 Å². The Hall–Kier alpha value is -2.87. The highest BCUT2D eigenvalue weighted by Gasteiger charge is 2.33. The van der Waals surface area contributed by atoms with Gasteiger partial charge in [-0.25, -0.2) is 0 Å². The fourth-order valence-corrected chi connectivity index (χ4v) is 3.13. The molecule has 0 saturated carbocycles. The number of nitrogens with zero attached hydrogens (tertiary/aromatic N) is 2. The van der Waals surface area contributed by atoms with Crippen molar-refractivity contribution in [3.05, 3.63) is 47.8 Å². The largest absolute Gasteiger partial charge is 0.482 e. The van der Waals surface area contributed by atoms with E-state index in [1.54, 1.807) is 23.4 Å². The number of carbonyl (C=O) groups excluding carboxylic acids is 2. The molecule has 25 heavy (non-hydrogen) atoms. The van der Waals surface area contributed by atoms with Crippen molar-refractivity contribution in [1.29, 1.82) is 0 Å². The lowest BCUT2D eigenvalue weighted by Crippen LogP contribution is -2.48. The third-order valence-corrected chi connectivity index (χ3v) is 4.37. The third kappa shape index (κ3) is 3.20. The van der Waals surface area contributed by atoms with Gasteiger partial charge in [0.05, 0.1) is 31.6 Å². The number of benzene rings is 1. The molecular formula is C17H18N4O4. The number of amides is 2. The number of hydrogen-bond acceptors (Lipinski definition) is 5. The molecule has 0 aliphatic carbocycles. The molecule has 2 aliphatic rings. The molecular weight excluding hydrogens is 324 g/mol.